The average molecular weight is 350 g/mol. The second-order valence-corrected chi connectivity index (χ2v) is 8.98. The molecule has 7 heteroatoms. The van der Waals surface area contributed by atoms with Crippen molar-refractivity contribution in [1.29, 1.82) is 0 Å². The highest BCUT2D eigenvalue weighted by molar-refractivity contribution is 7.91. The Hall–Kier alpha value is -1.89. The van der Waals surface area contributed by atoms with Crippen LogP contribution in [0.2, 0.25) is 0 Å². The fourth-order valence-corrected chi connectivity index (χ4v) is 5.14. The van der Waals surface area contributed by atoms with Gasteiger partial charge in [-0.15, -0.1) is 0 Å². The van der Waals surface area contributed by atoms with E-state index in [1.165, 1.54) is 0 Å². The maximum atomic E-state index is 12.3. The smallest absolute Gasteiger partial charge is 0.227 e. The molecule has 0 aliphatic carbocycles. The van der Waals surface area contributed by atoms with Crippen molar-refractivity contribution in [3.05, 3.63) is 29.8 Å². The molecule has 0 radical (unpaired) electrons. The molecule has 1 N–H and O–H groups in total. The zero-order chi connectivity index (χ0) is 17.3. The highest BCUT2D eigenvalue weighted by Crippen LogP contribution is 2.25. The summed E-state index contributed by atoms with van der Waals surface area (Å²) in [6.45, 7) is 2.72. The summed E-state index contributed by atoms with van der Waals surface area (Å²) in [7, 11) is -2.93. The van der Waals surface area contributed by atoms with Crippen LogP contribution in [0.15, 0.2) is 24.3 Å². The van der Waals surface area contributed by atoms with Gasteiger partial charge in [0.15, 0.2) is 9.84 Å². The van der Waals surface area contributed by atoms with E-state index in [0.29, 0.717) is 19.5 Å². The topological polar surface area (TPSA) is 83.6 Å². The molecule has 2 atom stereocenters. The molecule has 2 aliphatic heterocycles. The molecule has 2 saturated heterocycles. The van der Waals surface area contributed by atoms with Crippen LogP contribution in [0.3, 0.4) is 0 Å². The van der Waals surface area contributed by atoms with E-state index in [1.807, 2.05) is 31.2 Å². The van der Waals surface area contributed by atoms with E-state index in [2.05, 4.69) is 5.32 Å². The minimum absolute atomic E-state index is 0.00995. The lowest BCUT2D eigenvalue weighted by Crippen LogP contribution is -2.36. The van der Waals surface area contributed by atoms with Gasteiger partial charge in [-0.05, 0) is 31.4 Å². The van der Waals surface area contributed by atoms with Crippen LogP contribution in [0, 0.1) is 18.8 Å². The van der Waals surface area contributed by atoms with E-state index in [9.17, 15) is 18.0 Å². The molecule has 24 heavy (non-hydrogen) atoms. The van der Waals surface area contributed by atoms with E-state index in [-0.39, 0.29) is 41.6 Å². The van der Waals surface area contributed by atoms with Gasteiger partial charge in [-0.1, -0.05) is 17.7 Å². The Morgan fingerprint density at radius 2 is 2.00 bits per heavy atom. The monoisotopic (exact) mass is 350 g/mol. The summed E-state index contributed by atoms with van der Waals surface area (Å²) >= 11 is 0. The van der Waals surface area contributed by atoms with E-state index < -0.39 is 9.84 Å². The number of hydrogen-bond donors (Lipinski definition) is 1. The molecule has 0 saturated carbocycles. The first-order valence-corrected chi connectivity index (χ1v) is 10.0. The van der Waals surface area contributed by atoms with E-state index >= 15 is 0 Å². The first kappa shape index (κ1) is 17.0. The SMILES string of the molecule is Cc1ccc(N2C[C@@H](C(=O)NC[C@@H]3CCS(=O)(=O)C3)CC2=O)cc1. The van der Waals surface area contributed by atoms with Crippen molar-refractivity contribution in [2.45, 2.75) is 19.8 Å². The van der Waals surface area contributed by atoms with Crippen LogP contribution >= 0.6 is 0 Å². The van der Waals surface area contributed by atoms with Gasteiger partial charge in [0, 0.05) is 25.2 Å². The van der Waals surface area contributed by atoms with Crippen LogP contribution in [0.5, 0.6) is 0 Å². The summed E-state index contributed by atoms with van der Waals surface area (Å²) in [6.07, 6.45) is 0.796. The normalized spacial score (nSPS) is 25.9. The first-order valence-electron chi connectivity index (χ1n) is 8.19. The first-order chi connectivity index (χ1) is 11.3. The van der Waals surface area contributed by atoms with Crippen molar-refractivity contribution in [1.82, 2.24) is 5.32 Å². The maximum Gasteiger partial charge on any atom is 0.227 e. The number of amides is 2. The van der Waals surface area contributed by atoms with E-state index in [0.717, 1.165) is 11.3 Å². The molecule has 0 unspecified atom stereocenters. The van der Waals surface area contributed by atoms with Crippen LogP contribution in [-0.4, -0.2) is 44.8 Å². The molecule has 6 nitrogen and oxygen atoms in total. The predicted molar refractivity (Wildman–Crippen MR) is 91.4 cm³/mol. The molecular formula is C17H22N2O4S. The third-order valence-electron chi connectivity index (χ3n) is 4.73. The lowest BCUT2D eigenvalue weighted by Gasteiger charge is -2.17. The van der Waals surface area contributed by atoms with Gasteiger partial charge in [0.1, 0.15) is 0 Å². The minimum Gasteiger partial charge on any atom is -0.355 e. The second kappa shape index (κ2) is 6.55. The highest BCUT2D eigenvalue weighted by atomic mass is 32.2. The Morgan fingerprint density at radius 3 is 2.62 bits per heavy atom. The number of rotatable bonds is 4. The van der Waals surface area contributed by atoms with Crippen molar-refractivity contribution >= 4 is 27.3 Å². The maximum absolute atomic E-state index is 12.3. The number of benzene rings is 1. The number of anilines is 1. The van der Waals surface area contributed by atoms with Crippen LogP contribution in [0.25, 0.3) is 0 Å². The number of nitrogens with one attached hydrogen (secondary N) is 1. The fourth-order valence-electron chi connectivity index (χ4n) is 3.28. The van der Waals surface area contributed by atoms with Gasteiger partial charge < -0.3 is 10.2 Å². The predicted octanol–water partition coefficient (Wildman–Crippen LogP) is 0.899. The lowest BCUT2D eigenvalue weighted by atomic mass is 10.1. The molecule has 2 aliphatic rings. The Balaban J connectivity index is 1.55. The number of carbonyl (C=O) groups excluding carboxylic acids is 2. The average Bonchev–Trinajstić information content (AvgIpc) is 3.08. The zero-order valence-electron chi connectivity index (χ0n) is 13.7. The van der Waals surface area contributed by atoms with Crippen molar-refractivity contribution in [3.8, 4) is 0 Å². The number of carbonyl (C=O) groups is 2. The van der Waals surface area contributed by atoms with Gasteiger partial charge in [0.2, 0.25) is 11.8 Å². The van der Waals surface area contributed by atoms with Crippen LogP contribution in [0.4, 0.5) is 5.69 Å². The Labute approximate surface area is 142 Å². The summed E-state index contributed by atoms with van der Waals surface area (Å²) in [5.41, 5.74) is 1.92. The summed E-state index contributed by atoms with van der Waals surface area (Å²) in [6, 6.07) is 7.65. The van der Waals surface area contributed by atoms with Crippen molar-refractivity contribution in [2.75, 3.05) is 29.5 Å². The van der Waals surface area contributed by atoms with Gasteiger partial charge in [0.25, 0.3) is 0 Å². The Morgan fingerprint density at radius 1 is 1.29 bits per heavy atom. The third-order valence-corrected chi connectivity index (χ3v) is 6.57. The van der Waals surface area contributed by atoms with E-state index in [4.69, 9.17) is 0 Å². The number of aryl methyl sites for hydroxylation is 1. The molecule has 1 aromatic carbocycles. The number of sulfone groups is 1. The third kappa shape index (κ3) is 3.77. The Bertz CT molecular complexity index is 742. The number of nitrogens with zero attached hydrogens (tertiary/aromatic N) is 1. The summed E-state index contributed by atoms with van der Waals surface area (Å²) in [4.78, 5) is 26.1. The second-order valence-electron chi connectivity index (χ2n) is 6.76. The van der Waals surface area contributed by atoms with Gasteiger partial charge in [-0.2, -0.15) is 0 Å². The molecule has 2 heterocycles. The zero-order valence-corrected chi connectivity index (χ0v) is 14.5. The van der Waals surface area contributed by atoms with E-state index in [1.54, 1.807) is 4.90 Å². The molecule has 2 amide bonds. The largest absolute Gasteiger partial charge is 0.355 e. The molecule has 130 valence electrons. The lowest BCUT2D eigenvalue weighted by molar-refractivity contribution is -0.126. The summed E-state index contributed by atoms with van der Waals surface area (Å²) in [5.74, 6) is -0.256. The fraction of sp³-hybridized carbons (Fsp3) is 0.529. The van der Waals surface area contributed by atoms with Crippen LogP contribution in [-0.2, 0) is 19.4 Å². The van der Waals surface area contributed by atoms with Crippen molar-refractivity contribution < 1.29 is 18.0 Å². The quantitative estimate of drug-likeness (QED) is 0.874. The van der Waals surface area contributed by atoms with Gasteiger partial charge in [-0.3, -0.25) is 9.59 Å². The molecule has 0 aromatic heterocycles. The highest BCUT2D eigenvalue weighted by Gasteiger charge is 2.36. The van der Waals surface area contributed by atoms with Crippen molar-refractivity contribution in [2.24, 2.45) is 11.8 Å². The molecular weight excluding hydrogens is 328 g/mol. The molecule has 2 fully saturated rings. The summed E-state index contributed by atoms with van der Waals surface area (Å²) < 4.78 is 22.9. The van der Waals surface area contributed by atoms with Gasteiger partial charge in [0.05, 0.1) is 17.4 Å². The molecule has 3 rings (SSSR count). The van der Waals surface area contributed by atoms with Crippen molar-refractivity contribution in [3.63, 3.8) is 0 Å². The molecule has 0 bridgehead atoms. The Kier molecular flexibility index (Phi) is 4.62. The van der Waals surface area contributed by atoms with Gasteiger partial charge >= 0.3 is 0 Å². The van der Waals surface area contributed by atoms with Gasteiger partial charge in [-0.25, -0.2) is 8.42 Å². The van der Waals surface area contributed by atoms with Crippen LogP contribution in [0.1, 0.15) is 18.4 Å². The standard InChI is InChI=1S/C17H22N2O4S/c1-12-2-4-15(5-3-12)19-10-14(8-16(19)20)17(21)18-9-13-6-7-24(22,23)11-13/h2-5,13-14H,6-11H2,1H3,(H,18,21)/t13-,14-/m0/s1. The minimum atomic E-state index is -2.93. The number of hydrogen-bond acceptors (Lipinski definition) is 4. The van der Waals surface area contributed by atoms with Crippen LogP contribution < -0.4 is 10.2 Å². The summed E-state index contributed by atoms with van der Waals surface area (Å²) in [5, 5.41) is 2.82. The molecule has 1 aromatic rings. The molecule has 0 spiro atoms.